The lowest BCUT2D eigenvalue weighted by atomic mass is 11.8. The second-order valence-electron chi connectivity index (χ2n) is 35.2. The van der Waals surface area contributed by atoms with E-state index < -0.39 is 188 Å². The highest BCUT2D eigenvalue weighted by atomic mass is 28.6. The Morgan fingerprint density at radius 2 is 0.221 bits per heavy atom. The van der Waals surface area contributed by atoms with Crippen LogP contribution in [0.3, 0.4) is 0 Å². The van der Waals surface area contributed by atoms with Gasteiger partial charge in [-0.2, -0.15) is 0 Å². The van der Waals surface area contributed by atoms with Gasteiger partial charge in [-0.05, 0) is 295 Å². The molecule has 4 aliphatic rings. The quantitative estimate of drug-likeness (QED) is 0.226. The molecule has 0 bridgehead atoms. The van der Waals surface area contributed by atoms with Gasteiger partial charge in [0.2, 0.25) is 0 Å². The summed E-state index contributed by atoms with van der Waals surface area (Å²) in [6.45, 7) is 96.5. The summed E-state index contributed by atoms with van der Waals surface area (Å²) in [5.41, 5.74) is 0. The molecule has 0 spiro atoms. The average molecular weight is 1740 g/mol. The topological polar surface area (TPSA) is 212 Å². The Labute approximate surface area is 608 Å². The highest BCUT2D eigenvalue weighted by molar-refractivity contribution is 6.96. The van der Waals surface area contributed by atoms with Crippen LogP contribution in [0.1, 0.15) is 0 Å². The van der Waals surface area contributed by atoms with Crippen molar-refractivity contribution in [2.45, 2.75) is 301 Å². The van der Waals surface area contributed by atoms with Crippen molar-refractivity contribution in [3.63, 3.8) is 0 Å². The van der Waals surface area contributed by atoms with Crippen molar-refractivity contribution in [1.82, 2.24) is 0 Å². The van der Waals surface area contributed by atoms with E-state index in [0.717, 1.165) is 0 Å². The van der Waals surface area contributed by atoms with Crippen molar-refractivity contribution >= 4 is 188 Å². The highest BCUT2D eigenvalue weighted by Gasteiger charge is 2.55. The van der Waals surface area contributed by atoms with Crippen LogP contribution in [0.25, 0.3) is 0 Å². The third-order valence-electron chi connectivity index (χ3n) is 11.2. The fourth-order valence-corrected chi connectivity index (χ4v) is 115. The van der Waals surface area contributed by atoms with Crippen LogP contribution in [0.15, 0.2) is 0 Å². The van der Waals surface area contributed by atoms with E-state index in [0.29, 0.717) is 0 Å². The third-order valence-corrected chi connectivity index (χ3v) is 90.3. The van der Waals surface area contributed by atoms with Gasteiger partial charge in [-0.25, -0.2) is 0 Å². The fraction of sp³-hybridized carbons (Fsp3) is 1.00. The first-order valence-electron chi connectivity index (χ1n) is 33.2. The Bertz CT molecular complexity index is 1920. The van der Waals surface area contributed by atoms with Crippen LogP contribution in [-0.2, 0) is 95.9 Å². The molecule has 23 nitrogen and oxygen atoms in total. The van der Waals surface area contributed by atoms with E-state index in [2.05, 4.69) is 295 Å². The summed E-state index contributed by atoms with van der Waals surface area (Å²) in [6, 6.07) is 0. The minimum Gasteiger partial charge on any atom is -0.456 e. The zero-order chi connectivity index (χ0) is 77.3. The molecule has 4 saturated heterocycles. The van der Waals surface area contributed by atoms with Crippen LogP contribution < -0.4 is 0 Å². The smallest absolute Gasteiger partial charge is 0.456 e. The van der Waals surface area contributed by atoms with Gasteiger partial charge >= 0.3 is 163 Å². The van der Waals surface area contributed by atoms with Crippen LogP contribution in [0.2, 0.25) is 301 Å². The van der Waals surface area contributed by atoms with Crippen molar-refractivity contribution < 1.29 is 95.9 Å². The Kier molecular flexibility index (Phi) is 39.4. The van der Waals surface area contributed by atoms with E-state index in [1.807, 2.05) is 6.55 Å². The Balaban J connectivity index is -0.00000109. The zero-order valence-corrected chi connectivity index (χ0v) is 92.4. The molecule has 0 atom stereocenters. The molecule has 4 aliphatic heterocycles. The second-order valence-corrected chi connectivity index (χ2v) is 117. The van der Waals surface area contributed by atoms with Gasteiger partial charge < -0.3 is 95.9 Å². The zero-order valence-electron chi connectivity index (χ0n) is 70.4. The molecule has 0 amide bonds. The Morgan fingerprint density at radius 3 is 0.242 bits per heavy atom. The summed E-state index contributed by atoms with van der Waals surface area (Å²) in [5, 5.41) is 0. The van der Waals surface area contributed by atoms with E-state index in [1.165, 1.54) is 0 Å². The van der Waals surface area contributed by atoms with Crippen molar-refractivity contribution in [1.29, 1.82) is 0 Å². The molecule has 4 heterocycles. The summed E-state index contributed by atoms with van der Waals surface area (Å²) >= 11 is 0. The van der Waals surface area contributed by atoms with Gasteiger partial charge in [0, 0.05) is 35.0 Å². The van der Waals surface area contributed by atoms with E-state index >= 15 is 0 Å². The molecule has 0 aromatic rings. The highest BCUT2D eigenvalue weighted by Crippen LogP contribution is 2.35. The normalized spacial score (nSPS) is 27.0. The van der Waals surface area contributed by atoms with E-state index in [1.54, 1.807) is 28.4 Å². The first-order valence-corrected chi connectivity index (χ1v) is 96.4. The predicted molar refractivity (Wildman–Crippen MR) is 445 cm³/mol. The maximum absolute atomic E-state index is 6.44. The monoisotopic (exact) mass is 1730 g/mol. The molecule has 4 rings (SSSR count). The average Bonchev–Trinajstić information content (AvgIpc) is 0.812. The minimum absolute atomic E-state index is 1.13. The van der Waals surface area contributed by atoms with Gasteiger partial charge in [-0.3, -0.25) is 0 Å². The molecule has 4 fully saturated rings. The van der Waals surface area contributed by atoms with Gasteiger partial charge in [0.1, 0.15) is 0 Å². The lowest BCUT2D eigenvalue weighted by Gasteiger charge is -2.46. The standard InChI is InChI=1S/C12H36O6Si6.C10H30O5Si5.C8H24O4Si4.C6H18O3Si3.C6H18OSi2.C4H12O3Si.C4H12OSi/c1-19(2)13-20(3,4)15-22(7,8)17-24(11,12)18-23(9,10)16-21(5,6)14-19;1-16(2)11-17(3,4)13-19(7,8)15-20(9,10)14-18(5,6)12-16;1-13(2)9-14(3,4)11-16(7,8)12-15(5,6)10-13;1-10(2)7-11(3,4)9-12(5,6)8-10;1-8(2,3)7-9(4,5)6;1-5-8(4,6-2)7-3;1-5-6(2,3)4/h1-12H3;1-10H3;1-8H3;1-6H3;1-6H3;1-4H3;1-4H3. The first-order chi connectivity index (χ1) is 40.7. The van der Waals surface area contributed by atoms with Gasteiger partial charge in [-0.1, -0.05) is 0 Å². The molecule has 0 N–H and O–H groups in total. The SMILES string of the molecule is CO[Si](C)(C)C.CO[Si](C)(OC)OC.C[Si](C)(C)O[Si](C)(C)C.C[Si]1(C)O[Si](C)(C)O[Si](C)(C)O1.C[Si]1(C)O[Si](C)(C)O[Si](C)(C)O[Si](C)(C)O1.C[Si]1(C)O[Si](C)(C)O[Si](C)(C)O[Si](C)(C)O[Si](C)(C)O1.C[Si]1(C)O[Si](C)(C)O[Si](C)(C)O[Si](C)(C)O[Si](C)(C)O[Si](C)(C)O1. The number of hydrogen-bond donors (Lipinski definition) is 0. The lowest BCUT2D eigenvalue weighted by molar-refractivity contribution is 0.132. The van der Waals surface area contributed by atoms with Crippen molar-refractivity contribution in [2.24, 2.45) is 0 Å². The second kappa shape index (κ2) is 36.4. The Hall–Kier alpha value is 3.85. The summed E-state index contributed by atoms with van der Waals surface area (Å²) in [6.07, 6.45) is 0. The van der Waals surface area contributed by atoms with Crippen molar-refractivity contribution in [2.75, 3.05) is 28.4 Å². The third kappa shape index (κ3) is 53.3. The molecule has 45 heteroatoms. The minimum atomic E-state index is -2.38. The van der Waals surface area contributed by atoms with Gasteiger partial charge in [0.15, 0.2) is 25.0 Å². The largest absolute Gasteiger partial charge is 0.496 e. The van der Waals surface area contributed by atoms with Crippen LogP contribution in [0.5, 0.6) is 0 Å². The maximum atomic E-state index is 6.44. The van der Waals surface area contributed by atoms with Gasteiger partial charge in [0.25, 0.3) is 0 Å². The van der Waals surface area contributed by atoms with Crippen LogP contribution >= 0.6 is 0 Å². The fourth-order valence-electron chi connectivity index (χ4n) is 12.2. The van der Waals surface area contributed by atoms with Crippen molar-refractivity contribution in [3.8, 4) is 0 Å². The lowest BCUT2D eigenvalue weighted by Crippen LogP contribution is -2.64. The molecule has 95 heavy (non-hydrogen) atoms. The molecule has 0 aliphatic carbocycles. The van der Waals surface area contributed by atoms with Crippen LogP contribution in [-0.4, -0.2) is 216 Å². The van der Waals surface area contributed by atoms with Crippen LogP contribution in [0, 0.1) is 0 Å². The summed E-state index contributed by atoms with van der Waals surface area (Å²) in [7, 11) is -38.9. The molecule has 0 aromatic heterocycles. The molecule has 576 valence electrons. The molecule has 0 unspecified atom stereocenters. The summed E-state index contributed by atoms with van der Waals surface area (Å²) < 4.78 is 138. The first kappa shape index (κ1) is 103. The maximum Gasteiger partial charge on any atom is 0.496 e. The van der Waals surface area contributed by atoms with Gasteiger partial charge in [-0.15, -0.1) is 0 Å². The van der Waals surface area contributed by atoms with E-state index in [9.17, 15) is 0 Å². The molecule has 0 radical (unpaired) electrons. The number of hydrogen-bond acceptors (Lipinski definition) is 23. The van der Waals surface area contributed by atoms with Crippen molar-refractivity contribution in [3.05, 3.63) is 0 Å². The van der Waals surface area contributed by atoms with E-state index in [-0.39, 0.29) is 0 Å². The van der Waals surface area contributed by atoms with Crippen LogP contribution in [0.4, 0.5) is 0 Å². The summed E-state index contributed by atoms with van der Waals surface area (Å²) in [4.78, 5) is 0. The molecular formula is C50H150O23Si22. The van der Waals surface area contributed by atoms with Gasteiger partial charge in [0.05, 0.1) is 0 Å². The molecular weight excluding hydrogens is 1590 g/mol. The van der Waals surface area contributed by atoms with E-state index in [4.69, 9.17) is 95.9 Å². The molecule has 0 aromatic carbocycles. The Morgan fingerprint density at radius 1 is 0.147 bits per heavy atom. The molecule has 0 saturated carbocycles. The number of rotatable bonds is 6. The summed E-state index contributed by atoms with van der Waals surface area (Å²) in [5.74, 6) is 0. The predicted octanol–water partition coefficient (Wildman–Crippen LogP) is 17.6.